The van der Waals surface area contributed by atoms with Crippen LogP contribution in [-0.4, -0.2) is 59.0 Å². The lowest BCUT2D eigenvalue weighted by molar-refractivity contribution is -0.136. The minimum absolute atomic E-state index is 0.0383. The normalized spacial score (nSPS) is 24.1. The van der Waals surface area contributed by atoms with Crippen LogP contribution >= 0.6 is 12.6 Å². The molecular weight excluding hydrogens is 424 g/mol. The number of nitrogens with two attached hydrogens (primary N) is 1. The first kappa shape index (κ1) is 23.1. The second kappa shape index (κ2) is 10.3. The van der Waals surface area contributed by atoms with Gasteiger partial charge in [-0.25, -0.2) is 4.98 Å². The Balaban J connectivity index is 1.65. The molecule has 2 heterocycles. The predicted octanol–water partition coefficient (Wildman–Crippen LogP) is 3.29. The average molecular weight is 459 g/mol. The van der Waals surface area contributed by atoms with Crippen molar-refractivity contribution < 1.29 is 14.3 Å². The third-order valence-electron chi connectivity index (χ3n) is 6.93. The number of para-hydroxylation sites is 1. The maximum Gasteiger partial charge on any atom is 0.241 e. The van der Waals surface area contributed by atoms with Crippen LogP contribution in [0.3, 0.4) is 0 Å². The summed E-state index contributed by atoms with van der Waals surface area (Å²) in [5.41, 5.74) is 7.94. The standard InChI is InChI=1S/C24H34N4O3S/c1-30-17-9-7-16(8-10-17)13-21-23-26-20(18-5-3-4-6-22(18)31-2)14-27(23)11-12-28(21)24(29)19(25)15-32/h3-6,14,16-17,19,21,32H,7-13,15,25H2,1-2H3/t16?,17?,19-,21-/m0/s1. The van der Waals surface area contributed by atoms with Crippen molar-refractivity contribution in [3.8, 4) is 17.0 Å². The molecule has 174 valence electrons. The number of aromatic nitrogens is 2. The number of hydrogen-bond donors (Lipinski definition) is 2. The Hall–Kier alpha value is -2.03. The number of amides is 1. The van der Waals surface area contributed by atoms with E-state index in [-0.39, 0.29) is 11.9 Å². The van der Waals surface area contributed by atoms with E-state index in [1.165, 1.54) is 0 Å². The summed E-state index contributed by atoms with van der Waals surface area (Å²) in [5.74, 6) is 2.56. The molecule has 0 bridgehead atoms. The predicted molar refractivity (Wildman–Crippen MR) is 128 cm³/mol. The second-order valence-electron chi connectivity index (χ2n) is 8.83. The van der Waals surface area contributed by atoms with Crippen LogP contribution < -0.4 is 10.5 Å². The molecule has 1 aliphatic carbocycles. The summed E-state index contributed by atoms with van der Waals surface area (Å²) in [6.07, 6.45) is 7.68. The number of thiol groups is 1. The van der Waals surface area contributed by atoms with Gasteiger partial charge in [-0.1, -0.05) is 12.1 Å². The summed E-state index contributed by atoms with van der Waals surface area (Å²) >= 11 is 4.26. The molecule has 4 rings (SSSR count). The fourth-order valence-corrected chi connectivity index (χ4v) is 5.23. The van der Waals surface area contributed by atoms with Gasteiger partial charge >= 0.3 is 0 Å². The third kappa shape index (κ3) is 4.67. The van der Waals surface area contributed by atoms with Crippen molar-refractivity contribution in [3.63, 3.8) is 0 Å². The first-order chi connectivity index (χ1) is 15.5. The molecule has 2 aliphatic rings. The number of benzene rings is 1. The van der Waals surface area contributed by atoms with E-state index in [1.807, 2.05) is 29.2 Å². The molecule has 1 fully saturated rings. The number of fused-ring (bicyclic) bond motifs is 1. The number of nitrogens with zero attached hydrogens (tertiary/aromatic N) is 3. The van der Waals surface area contributed by atoms with Crippen LogP contribution in [0.25, 0.3) is 11.3 Å². The number of hydrogen-bond acceptors (Lipinski definition) is 6. The Morgan fingerprint density at radius 2 is 1.97 bits per heavy atom. The number of rotatable bonds is 7. The van der Waals surface area contributed by atoms with Gasteiger partial charge in [0.2, 0.25) is 5.91 Å². The quantitative estimate of drug-likeness (QED) is 0.622. The maximum absolute atomic E-state index is 13.1. The van der Waals surface area contributed by atoms with Crippen LogP contribution in [0.1, 0.15) is 44.0 Å². The molecule has 7 nitrogen and oxygen atoms in total. The fourth-order valence-electron chi connectivity index (χ4n) is 5.08. The SMILES string of the molecule is COc1ccccc1-c1cn2c(n1)[C@H](CC1CCC(OC)CC1)N(C(=O)[C@@H](N)CS)CC2. The molecule has 0 spiro atoms. The van der Waals surface area contributed by atoms with E-state index in [0.29, 0.717) is 30.9 Å². The molecule has 1 aromatic carbocycles. The highest BCUT2D eigenvalue weighted by atomic mass is 32.1. The number of methoxy groups -OCH3 is 2. The molecule has 2 N–H and O–H groups in total. The Bertz CT molecular complexity index is 926. The molecule has 0 radical (unpaired) electrons. The smallest absolute Gasteiger partial charge is 0.241 e. The molecule has 2 aromatic rings. The van der Waals surface area contributed by atoms with Gasteiger partial charge in [0.05, 0.1) is 31.0 Å². The first-order valence-corrected chi connectivity index (χ1v) is 12.1. The van der Waals surface area contributed by atoms with Gasteiger partial charge in [-0.15, -0.1) is 0 Å². The van der Waals surface area contributed by atoms with Crippen molar-refractivity contribution in [1.29, 1.82) is 0 Å². The van der Waals surface area contributed by atoms with E-state index in [9.17, 15) is 4.79 Å². The van der Waals surface area contributed by atoms with E-state index in [4.69, 9.17) is 20.2 Å². The molecule has 1 aromatic heterocycles. The highest BCUT2D eigenvalue weighted by molar-refractivity contribution is 7.80. The van der Waals surface area contributed by atoms with Crippen molar-refractivity contribution in [2.24, 2.45) is 11.7 Å². The van der Waals surface area contributed by atoms with E-state index in [1.54, 1.807) is 14.2 Å². The van der Waals surface area contributed by atoms with Gasteiger partial charge in [0.25, 0.3) is 0 Å². The first-order valence-electron chi connectivity index (χ1n) is 11.5. The van der Waals surface area contributed by atoms with Gasteiger partial charge in [-0.2, -0.15) is 12.6 Å². The number of carbonyl (C=O) groups is 1. The lowest BCUT2D eigenvalue weighted by Gasteiger charge is -2.39. The van der Waals surface area contributed by atoms with Crippen LogP contribution in [0, 0.1) is 5.92 Å². The Morgan fingerprint density at radius 3 is 2.66 bits per heavy atom. The van der Waals surface area contributed by atoms with Crippen molar-refractivity contribution in [2.75, 3.05) is 26.5 Å². The zero-order valence-corrected chi connectivity index (χ0v) is 19.8. The Morgan fingerprint density at radius 1 is 1.22 bits per heavy atom. The van der Waals surface area contributed by atoms with Crippen LogP contribution in [0.2, 0.25) is 0 Å². The molecule has 8 heteroatoms. The topological polar surface area (TPSA) is 82.6 Å². The monoisotopic (exact) mass is 458 g/mol. The van der Waals surface area contributed by atoms with Crippen molar-refractivity contribution in [1.82, 2.24) is 14.5 Å². The highest BCUT2D eigenvalue weighted by Gasteiger charge is 2.37. The molecule has 1 aliphatic heterocycles. The van der Waals surface area contributed by atoms with Gasteiger partial charge in [0.15, 0.2) is 0 Å². The fraction of sp³-hybridized carbons (Fsp3) is 0.583. The summed E-state index contributed by atoms with van der Waals surface area (Å²) in [6.45, 7) is 1.34. The van der Waals surface area contributed by atoms with Crippen LogP contribution in [-0.2, 0) is 16.1 Å². The Kier molecular flexibility index (Phi) is 7.43. The van der Waals surface area contributed by atoms with Crippen LogP contribution in [0.5, 0.6) is 5.75 Å². The van der Waals surface area contributed by atoms with Gasteiger partial charge in [-0.3, -0.25) is 4.79 Å². The van der Waals surface area contributed by atoms with Crippen molar-refractivity contribution >= 4 is 18.5 Å². The minimum Gasteiger partial charge on any atom is -0.496 e. The van der Waals surface area contributed by atoms with Crippen molar-refractivity contribution in [2.45, 2.75) is 56.8 Å². The largest absolute Gasteiger partial charge is 0.496 e. The van der Waals surface area contributed by atoms with Gasteiger partial charge in [0, 0.05) is 37.7 Å². The summed E-state index contributed by atoms with van der Waals surface area (Å²) in [4.78, 5) is 20.1. The molecule has 0 saturated heterocycles. The number of carbonyl (C=O) groups excluding carboxylic acids is 1. The minimum atomic E-state index is -0.597. The van der Waals surface area contributed by atoms with E-state index < -0.39 is 6.04 Å². The molecule has 1 amide bonds. The number of imidazole rings is 1. The summed E-state index contributed by atoms with van der Waals surface area (Å²) < 4.78 is 13.3. The lowest BCUT2D eigenvalue weighted by atomic mass is 9.82. The van der Waals surface area contributed by atoms with Crippen LogP contribution in [0.4, 0.5) is 0 Å². The van der Waals surface area contributed by atoms with Gasteiger partial charge < -0.3 is 24.7 Å². The molecule has 1 saturated carbocycles. The van der Waals surface area contributed by atoms with E-state index >= 15 is 0 Å². The summed E-state index contributed by atoms with van der Waals surface area (Å²) in [7, 11) is 3.47. The molecule has 32 heavy (non-hydrogen) atoms. The van der Waals surface area contributed by atoms with Gasteiger partial charge in [0.1, 0.15) is 11.6 Å². The Labute approximate surface area is 195 Å². The zero-order valence-electron chi connectivity index (χ0n) is 18.9. The third-order valence-corrected chi connectivity index (χ3v) is 7.32. The highest BCUT2D eigenvalue weighted by Crippen LogP contribution is 2.39. The lowest BCUT2D eigenvalue weighted by Crippen LogP contribution is -2.50. The summed E-state index contributed by atoms with van der Waals surface area (Å²) in [6, 6.07) is 7.23. The zero-order chi connectivity index (χ0) is 22.7. The maximum atomic E-state index is 13.1. The second-order valence-corrected chi connectivity index (χ2v) is 9.19. The average Bonchev–Trinajstić information content (AvgIpc) is 3.28. The van der Waals surface area contributed by atoms with E-state index in [2.05, 4.69) is 23.4 Å². The summed E-state index contributed by atoms with van der Waals surface area (Å²) in [5, 5.41) is 0. The van der Waals surface area contributed by atoms with Crippen LogP contribution in [0.15, 0.2) is 30.5 Å². The van der Waals surface area contributed by atoms with Crippen molar-refractivity contribution in [3.05, 3.63) is 36.3 Å². The van der Waals surface area contributed by atoms with E-state index in [0.717, 1.165) is 54.9 Å². The van der Waals surface area contributed by atoms with Gasteiger partial charge in [-0.05, 0) is 50.2 Å². The molecule has 2 atom stereocenters. The molecular formula is C24H34N4O3S. The molecule has 0 unspecified atom stereocenters. The number of ether oxygens (including phenoxy) is 2.